The van der Waals surface area contributed by atoms with E-state index < -0.39 is 10.0 Å². The molecule has 0 fully saturated rings. The molecular weight excluding hydrogens is 396 g/mol. The summed E-state index contributed by atoms with van der Waals surface area (Å²) in [5.74, 6) is -0.0477. The molecule has 0 aromatic heterocycles. The van der Waals surface area contributed by atoms with E-state index >= 15 is 0 Å². The highest BCUT2D eigenvalue weighted by Gasteiger charge is 2.22. The molecule has 0 spiro atoms. The van der Waals surface area contributed by atoms with Crippen molar-refractivity contribution in [1.29, 1.82) is 0 Å². The van der Waals surface area contributed by atoms with Crippen LogP contribution in [-0.4, -0.2) is 25.8 Å². The van der Waals surface area contributed by atoms with Gasteiger partial charge >= 0.3 is 0 Å². The number of sulfonamides is 1. The highest BCUT2D eigenvalue weighted by molar-refractivity contribution is 7.92. The molecule has 1 N–H and O–H groups in total. The van der Waals surface area contributed by atoms with E-state index in [1.165, 1.54) is 11.1 Å². The van der Waals surface area contributed by atoms with Gasteiger partial charge in [0.25, 0.3) is 15.9 Å². The summed E-state index contributed by atoms with van der Waals surface area (Å²) in [6.45, 7) is 4.90. The summed E-state index contributed by atoms with van der Waals surface area (Å²) in [6, 6.07) is 20.1. The average Bonchev–Trinajstić information content (AvgIpc) is 2.75. The molecule has 3 aromatic rings. The lowest BCUT2D eigenvalue weighted by molar-refractivity contribution is 0.0734. The first kappa shape index (κ1) is 20.2. The van der Waals surface area contributed by atoms with E-state index in [0.717, 1.165) is 12.0 Å². The predicted octanol–water partition coefficient (Wildman–Crippen LogP) is 4.30. The van der Waals surface area contributed by atoms with Gasteiger partial charge in [0.05, 0.1) is 4.90 Å². The van der Waals surface area contributed by atoms with Gasteiger partial charge in [0.15, 0.2) is 0 Å². The number of benzene rings is 3. The molecular formula is C24H24N2O3S. The van der Waals surface area contributed by atoms with Crippen molar-refractivity contribution < 1.29 is 13.2 Å². The van der Waals surface area contributed by atoms with E-state index in [1.807, 2.05) is 30.0 Å². The van der Waals surface area contributed by atoms with Crippen molar-refractivity contribution in [2.24, 2.45) is 0 Å². The number of anilines is 1. The summed E-state index contributed by atoms with van der Waals surface area (Å²) < 4.78 is 28.2. The van der Waals surface area contributed by atoms with Gasteiger partial charge in [0.2, 0.25) is 0 Å². The Labute approximate surface area is 177 Å². The summed E-state index contributed by atoms with van der Waals surface area (Å²) in [6.07, 6.45) is 0.843. The van der Waals surface area contributed by atoms with Crippen LogP contribution in [0.15, 0.2) is 71.6 Å². The Balaban J connectivity index is 1.49. The van der Waals surface area contributed by atoms with Gasteiger partial charge in [0.1, 0.15) is 0 Å². The summed E-state index contributed by atoms with van der Waals surface area (Å²) in [7, 11) is -3.70. The first-order valence-electron chi connectivity index (χ1n) is 9.90. The molecule has 30 heavy (non-hydrogen) atoms. The summed E-state index contributed by atoms with van der Waals surface area (Å²) in [5, 5.41) is 0. The minimum Gasteiger partial charge on any atom is -0.334 e. The number of fused-ring (bicyclic) bond motifs is 1. The van der Waals surface area contributed by atoms with Crippen LogP contribution in [0.4, 0.5) is 5.69 Å². The Bertz CT molecular complexity index is 1200. The zero-order chi connectivity index (χ0) is 21.3. The molecule has 154 valence electrons. The number of carbonyl (C=O) groups is 1. The number of nitrogens with zero attached hydrogens (tertiary/aromatic N) is 1. The van der Waals surface area contributed by atoms with Crippen molar-refractivity contribution in [2.75, 3.05) is 11.3 Å². The van der Waals surface area contributed by atoms with Crippen molar-refractivity contribution in [1.82, 2.24) is 4.90 Å². The minimum absolute atomic E-state index is 0.0477. The molecule has 0 saturated carbocycles. The third-order valence-electron chi connectivity index (χ3n) is 5.44. The van der Waals surface area contributed by atoms with Crippen LogP contribution < -0.4 is 4.72 Å². The van der Waals surface area contributed by atoms with Crippen LogP contribution in [-0.2, 0) is 23.0 Å². The van der Waals surface area contributed by atoms with Gasteiger partial charge in [-0.15, -0.1) is 0 Å². The van der Waals surface area contributed by atoms with Gasteiger partial charge in [-0.2, -0.15) is 0 Å². The monoisotopic (exact) mass is 420 g/mol. The fourth-order valence-electron chi connectivity index (χ4n) is 3.74. The first-order chi connectivity index (χ1) is 14.3. The van der Waals surface area contributed by atoms with Crippen LogP contribution >= 0.6 is 0 Å². The third kappa shape index (κ3) is 4.09. The lowest BCUT2D eigenvalue weighted by Crippen LogP contribution is -2.35. The second-order valence-electron chi connectivity index (χ2n) is 7.70. The maximum Gasteiger partial charge on any atom is 0.262 e. The van der Waals surface area contributed by atoms with E-state index in [4.69, 9.17) is 0 Å². The quantitative estimate of drug-likeness (QED) is 0.684. The molecule has 0 aliphatic carbocycles. The van der Waals surface area contributed by atoms with Crippen LogP contribution in [0.2, 0.25) is 0 Å². The Hall–Kier alpha value is -3.12. The molecule has 0 bridgehead atoms. The Morgan fingerprint density at radius 2 is 1.63 bits per heavy atom. The van der Waals surface area contributed by atoms with Crippen LogP contribution in [0.1, 0.15) is 32.6 Å². The maximum absolute atomic E-state index is 12.9. The van der Waals surface area contributed by atoms with Crippen molar-refractivity contribution in [2.45, 2.75) is 31.7 Å². The van der Waals surface area contributed by atoms with Gasteiger partial charge < -0.3 is 4.90 Å². The highest BCUT2D eigenvalue weighted by Crippen LogP contribution is 2.23. The van der Waals surface area contributed by atoms with Crippen molar-refractivity contribution in [3.63, 3.8) is 0 Å². The second-order valence-corrected chi connectivity index (χ2v) is 9.35. The minimum atomic E-state index is -3.70. The van der Waals surface area contributed by atoms with Gasteiger partial charge in [0, 0.05) is 24.3 Å². The lowest BCUT2D eigenvalue weighted by Gasteiger charge is -2.29. The molecule has 4 rings (SSSR count). The van der Waals surface area contributed by atoms with Gasteiger partial charge in [-0.1, -0.05) is 36.4 Å². The lowest BCUT2D eigenvalue weighted by atomic mass is 9.99. The molecule has 1 aliphatic heterocycles. The molecule has 5 nitrogen and oxygen atoms in total. The van der Waals surface area contributed by atoms with Crippen LogP contribution in [0.5, 0.6) is 0 Å². The van der Waals surface area contributed by atoms with E-state index in [9.17, 15) is 13.2 Å². The van der Waals surface area contributed by atoms with Gasteiger partial charge in [-0.25, -0.2) is 8.42 Å². The number of nitrogens with one attached hydrogen (secondary N) is 1. The molecule has 1 aliphatic rings. The highest BCUT2D eigenvalue weighted by atomic mass is 32.2. The third-order valence-corrected chi connectivity index (χ3v) is 6.96. The topological polar surface area (TPSA) is 66.5 Å². The van der Waals surface area contributed by atoms with Crippen LogP contribution in [0.25, 0.3) is 0 Å². The van der Waals surface area contributed by atoms with Gasteiger partial charge in [-0.05, 0) is 72.9 Å². The van der Waals surface area contributed by atoms with E-state index in [-0.39, 0.29) is 10.8 Å². The normalized spacial score (nSPS) is 13.6. The zero-order valence-corrected chi connectivity index (χ0v) is 17.9. The molecule has 0 saturated heterocycles. The summed E-state index contributed by atoms with van der Waals surface area (Å²) in [5.41, 5.74) is 5.00. The van der Waals surface area contributed by atoms with Crippen LogP contribution in [0.3, 0.4) is 0 Å². The number of rotatable bonds is 4. The molecule has 1 heterocycles. The van der Waals surface area contributed by atoms with Crippen molar-refractivity contribution in [3.8, 4) is 0 Å². The Morgan fingerprint density at radius 3 is 2.37 bits per heavy atom. The Kier molecular flexibility index (Phi) is 5.35. The van der Waals surface area contributed by atoms with Crippen LogP contribution in [0, 0.1) is 13.8 Å². The zero-order valence-electron chi connectivity index (χ0n) is 17.1. The molecule has 1 amide bonds. The number of aryl methyl sites for hydroxylation is 2. The predicted molar refractivity (Wildman–Crippen MR) is 118 cm³/mol. The SMILES string of the molecule is Cc1ccc(C)c(S(=O)(=O)Nc2ccc(C(=O)N3CCc4ccccc4C3)cc2)c1. The average molecular weight is 421 g/mol. The summed E-state index contributed by atoms with van der Waals surface area (Å²) >= 11 is 0. The number of carbonyl (C=O) groups excluding carboxylic acids is 1. The molecule has 0 unspecified atom stereocenters. The number of amides is 1. The molecule has 0 radical (unpaired) electrons. The van der Waals surface area contributed by atoms with Gasteiger partial charge in [-0.3, -0.25) is 9.52 Å². The van der Waals surface area contributed by atoms with Crippen molar-refractivity contribution in [3.05, 3.63) is 94.5 Å². The molecule has 3 aromatic carbocycles. The van der Waals surface area contributed by atoms with E-state index in [2.05, 4.69) is 16.9 Å². The smallest absolute Gasteiger partial charge is 0.262 e. The molecule has 0 atom stereocenters. The van der Waals surface area contributed by atoms with E-state index in [0.29, 0.717) is 29.9 Å². The number of hydrogen-bond donors (Lipinski definition) is 1. The standard InChI is InChI=1S/C24H24N2O3S/c1-17-7-8-18(2)23(15-17)30(28,29)25-22-11-9-20(10-12-22)24(27)26-14-13-19-5-3-4-6-21(19)16-26/h3-12,15,25H,13-14,16H2,1-2H3. The summed E-state index contributed by atoms with van der Waals surface area (Å²) in [4.78, 5) is 15.0. The van der Waals surface area contributed by atoms with Crippen molar-refractivity contribution >= 4 is 21.6 Å². The maximum atomic E-state index is 12.9. The number of hydrogen-bond acceptors (Lipinski definition) is 3. The fourth-order valence-corrected chi connectivity index (χ4v) is 5.13. The second kappa shape index (κ2) is 7.95. The largest absolute Gasteiger partial charge is 0.334 e. The fraction of sp³-hybridized carbons (Fsp3) is 0.208. The first-order valence-corrected chi connectivity index (χ1v) is 11.4. The Morgan fingerprint density at radius 1 is 0.933 bits per heavy atom. The van der Waals surface area contributed by atoms with E-state index in [1.54, 1.807) is 43.3 Å². The molecule has 6 heteroatoms.